The SMILES string of the molecule is O=C(c1ccccc1F)N1CCCC1C1CCC1. The fourth-order valence-corrected chi connectivity index (χ4v) is 3.15. The van der Waals surface area contributed by atoms with Gasteiger partial charge in [0.25, 0.3) is 5.91 Å². The second kappa shape index (κ2) is 4.71. The van der Waals surface area contributed by atoms with E-state index in [9.17, 15) is 9.18 Å². The molecule has 0 aromatic heterocycles. The summed E-state index contributed by atoms with van der Waals surface area (Å²) >= 11 is 0. The summed E-state index contributed by atoms with van der Waals surface area (Å²) in [5.41, 5.74) is 0.226. The number of amides is 1. The van der Waals surface area contributed by atoms with Gasteiger partial charge in [0.15, 0.2) is 0 Å². The summed E-state index contributed by atoms with van der Waals surface area (Å²) in [7, 11) is 0. The van der Waals surface area contributed by atoms with E-state index in [4.69, 9.17) is 0 Å². The highest BCUT2D eigenvalue weighted by Crippen LogP contribution is 2.37. The minimum absolute atomic E-state index is 0.123. The minimum atomic E-state index is -0.401. The molecule has 1 amide bonds. The molecule has 1 aliphatic carbocycles. The van der Waals surface area contributed by atoms with Crippen molar-refractivity contribution in [3.63, 3.8) is 0 Å². The van der Waals surface area contributed by atoms with Gasteiger partial charge in [-0.2, -0.15) is 0 Å². The van der Waals surface area contributed by atoms with Gasteiger partial charge in [0.1, 0.15) is 5.82 Å². The number of hydrogen-bond donors (Lipinski definition) is 0. The molecule has 1 aromatic rings. The Morgan fingerprint density at radius 3 is 2.61 bits per heavy atom. The molecule has 0 radical (unpaired) electrons. The Balaban J connectivity index is 1.81. The van der Waals surface area contributed by atoms with E-state index >= 15 is 0 Å². The number of likely N-dealkylation sites (tertiary alicyclic amines) is 1. The molecule has 1 heterocycles. The van der Waals surface area contributed by atoms with Crippen molar-refractivity contribution in [2.24, 2.45) is 5.92 Å². The molecule has 0 bridgehead atoms. The van der Waals surface area contributed by atoms with Crippen LogP contribution < -0.4 is 0 Å². The smallest absolute Gasteiger partial charge is 0.257 e. The number of halogens is 1. The predicted molar refractivity (Wildman–Crippen MR) is 67.8 cm³/mol. The Morgan fingerprint density at radius 2 is 1.94 bits per heavy atom. The van der Waals surface area contributed by atoms with E-state index in [1.54, 1.807) is 18.2 Å². The third-order valence-corrected chi connectivity index (χ3v) is 4.36. The summed E-state index contributed by atoms with van der Waals surface area (Å²) in [6.45, 7) is 0.786. The third kappa shape index (κ3) is 1.92. The molecule has 0 N–H and O–H groups in total. The van der Waals surface area contributed by atoms with Gasteiger partial charge < -0.3 is 4.90 Å². The zero-order valence-electron chi connectivity index (χ0n) is 10.4. The highest BCUT2D eigenvalue weighted by molar-refractivity contribution is 5.94. The van der Waals surface area contributed by atoms with Crippen LogP contribution in [0.2, 0.25) is 0 Å². The van der Waals surface area contributed by atoms with Gasteiger partial charge >= 0.3 is 0 Å². The molecule has 1 aromatic carbocycles. The van der Waals surface area contributed by atoms with Crippen molar-refractivity contribution in [1.29, 1.82) is 0 Å². The predicted octanol–water partition coefficient (Wildman–Crippen LogP) is 3.23. The third-order valence-electron chi connectivity index (χ3n) is 4.36. The normalized spacial score (nSPS) is 24.1. The van der Waals surface area contributed by atoms with E-state index in [0.717, 1.165) is 19.4 Å². The molecule has 0 spiro atoms. The molecule has 96 valence electrons. The monoisotopic (exact) mass is 247 g/mol. The van der Waals surface area contributed by atoms with Crippen molar-refractivity contribution >= 4 is 5.91 Å². The number of nitrogens with zero attached hydrogens (tertiary/aromatic N) is 1. The number of hydrogen-bond acceptors (Lipinski definition) is 1. The largest absolute Gasteiger partial charge is 0.335 e. The maximum absolute atomic E-state index is 13.7. The molecule has 2 nitrogen and oxygen atoms in total. The first-order valence-corrected chi connectivity index (χ1v) is 6.83. The first kappa shape index (κ1) is 11.7. The van der Waals surface area contributed by atoms with Crippen LogP contribution in [-0.2, 0) is 0 Å². The van der Waals surface area contributed by atoms with Crippen molar-refractivity contribution in [3.05, 3.63) is 35.6 Å². The molecule has 2 fully saturated rings. The fraction of sp³-hybridized carbons (Fsp3) is 0.533. The van der Waals surface area contributed by atoms with Gasteiger partial charge in [-0.3, -0.25) is 4.79 Å². The summed E-state index contributed by atoms with van der Waals surface area (Å²) < 4.78 is 13.7. The first-order valence-electron chi connectivity index (χ1n) is 6.83. The Morgan fingerprint density at radius 1 is 1.17 bits per heavy atom. The Kier molecular flexibility index (Phi) is 3.06. The Hall–Kier alpha value is -1.38. The number of rotatable bonds is 2. The van der Waals surface area contributed by atoms with E-state index in [-0.39, 0.29) is 11.5 Å². The Bertz CT molecular complexity index is 456. The summed E-state index contributed by atoms with van der Waals surface area (Å²) in [4.78, 5) is 14.3. The van der Waals surface area contributed by atoms with Gasteiger partial charge in [0.2, 0.25) is 0 Å². The fourth-order valence-electron chi connectivity index (χ4n) is 3.15. The standard InChI is InChI=1S/C15H18FNO/c16-13-8-2-1-7-12(13)15(18)17-10-4-9-14(17)11-5-3-6-11/h1-2,7-8,11,14H,3-6,9-10H2. The van der Waals surface area contributed by atoms with Gasteiger partial charge in [-0.15, -0.1) is 0 Å². The van der Waals surface area contributed by atoms with Crippen LogP contribution in [0.25, 0.3) is 0 Å². The van der Waals surface area contributed by atoms with Crippen LogP contribution in [0, 0.1) is 11.7 Å². The van der Waals surface area contributed by atoms with Gasteiger partial charge in [-0.25, -0.2) is 4.39 Å². The molecule has 18 heavy (non-hydrogen) atoms. The summed E-state index contributed by atoms with van der Waals surface area (Å²) in [6.07, 6.45) is 5.88. The molecule has 2 aliphatic rings. The van der Waals surface area contributed by atoms with E-state index in [2.05, 4.69) is 0 Å². The molecular weight excluding hydrogens is 229 g/mol. The van der Waals surface area contributed by atoms with Gasteiger partial charge in [0, 0.05) is 12.6 Å². The van der Waals surface area contributed by atoms with Crippen LogP contribution in [0.4, 0.5) is 4.39 Å². The van der Waals surface area contributed by atoms with Crippen molar-refractivity contribution in [1.82, 2.24) is 4.90 Å². The van der Waals surface area contributed by atoms with Crippen molar-refractivity contribution in [2.75, 3.05) is 6.54 Å². The van der Waals surface area contributed by atoms with Gasteiger partial charge in [0.05, 0.1) is 5.56 Å². The lowest BCUT2D eigenvalue weighted by molar-refractivity contribution is 0.0622. The molecular formula is C15H18FNO. The average molecular weight is 247 g/mol. The number of carbonyl (C=O) groups excluding carboxylic acids is 1. The van der Waals surface area contributed by atoms with Crippen LogP contribution in [0.15, 0.2) is 24.3 Å². The molecule has 1 atom stereocenters. The van der Waals surface area contributed by atoms with E-state index < -0.39 is 5.82 Å². The van der Waals surface area contributed by atoms with Gasteiger partial charge in [-0.05, 0) is 43.7 Å². The van der Waals surface area contributed by atoms with Crippen LogP contribution in [0.1, 0.15) is 42.5 Å². The second-order valence-electron chi connectivity index (χ2n) is 5.38. The molecule has 3 rings (SSSR count). The van der Waals surface area contributed by atoms with E-state index in [1.807, 2.05) is 4.90 Å². The molecule has 1 saturated carbocycles. The van der Waals surface area contributed by atoms with Crippen LogP contribution in [0.3, 0.4) is 0 Å². The van der Waals surface area contributed by atoms with Crippen LogP contribution in [-0.4, -0.2) is 23.4 Å². The lowest BCUT2D eigenvalue weighted by atomic mass is 9.78. The first-order chi connectivity index (χ1) is 8.77. The zero-order valence-corrected chi connectivity index (χ0v) is 10.4. The zero-order chi connectivity index (χ0) is 12.5. The number of carbonyl (C=O) groups is 1. The molecule has 1 aliphatic heterocycles. The summed E-state index contributed by atoms with van der Waals surface area (Å²) in [5, 5.41) is 0. The quantitative estimate of drug-likeness (QED) is 0.785. The van der Waals surface area contributed by atoms with Crippen LogP contribution in [0.5, 0.6) is 0 Å². The van der Waals surface area contributed by atoms with Crippen molar-refractivity contribution in [2.45, 2.75) is 38.1 Å². The van der Waals surface area contributed by atoms with Crippen molar-refractivity contribution < 1.29 is 9.18 Å². The maximum atomic E-state index is 13.7. The van der Waals surface area contributed by atoms with Crippen molar-refractivity contribution in [3.8, 4) is 0 Å². The highest BCUT2D eigenvalue weighted by atomic mass is 19.1. The average Bonchev–Trinajstić information content (AvgIpc) is 2.75. The summed E-state index contributed by atoms with van der Waals surface area (Å²) in [6, 6.07) is 6.66. The lowest BCUT2D eigenvalue weighted by Crippen LogP contribution is -2.42. The number of benzene rings is 1. The van der Waals surface area contributed by atoms with Crippen LogP contribution >= 0.6 is 0 Å². The van der Waals surface area contributed by atoms with Gasteiger partial charge in [-0.1, -0.05) is 18.6 Å². The second-order valence-corrected chi connectivity index (χ2v) is 5.38. The highest BCUT2D eigenvalue weighted by Gasteiger charge is 2.37. The summed E-state index contributed by atoms with van der Waals surface area (Å²) in [5.74, 6) is 0.132. The lowest BCUT2D eigenvalue weighted by Gasteiger charge is -2.37. The minimum Gasteiger partial charge on any atom is -0.335 e. The molecule has 1 saturated heterocycles. The van der Waals surface area contributed by atoms with E-state index in [1.165, 1.54) is 25.3 Å². The Labute approximate surface area is 107 Å². The van der Waals surface area contributed by atoms with E-state index in [0.29, 0.717) is 12.0 Å². The topological polar surface area (TPSA) is 20.3 Å². The molecule has 1 unspecified atom stereocenters. The maximum Gasteiger partial charge on any atom is 0.257 e. The molecule has 3 heteroatoms.